The Bertz CT molecular complexity index is 2250. The van der Waals surface area contributed by atoms with E-state index in [1.165, 1.54) is 0 Å². The third kappa shape index (κ3) is 6.12. The van der Waals surface area contributed by atoms with E-state index in [4.69, 9.17) is 9.47 Å². The summed E-state index contributed by atoms with van der Waals surface area (Å²) in [4.78, 5) is 48.0. The fourth-order valence-electron chi connectivity index (χ4n) is 9.60. The van der Waals surface area contributed by atoms with Crippen molar-refractivity contribution in [3.63, 3.8) is 0 Å². The molecule has 10 heteroatoms. The number of aliphatic hydroxyl groups excluding tert-OH is 1. The van der Waals surface area contributed by atoms with E-state index in [-0.39, 0.29) is 42.3 Å². The number of para-hydroxylation sites is 2. The highest BCUT2D eigenvalue weighted by atomic mass is 28.3. The van der Waals surface area contributed by atoms with Crippen LogP contribution in [-0.2, 0) is 37.7 Å². The third-order valence-corrected chi connectivity index (χ3v) is 16.8. The zero-order chi connectivity index (χ0) is 39.2. The summed E-state index contributed by atoms with van der Waals surface area (Å²) >= 11 is 0. The van der Waals surface area contributed by atoms with Crippen LogP contribution in [-0.4, -0.2) is 62.2 Å². The van der Waals surface area contributed by atoms with Crippen molar-refractivity contribution in [1.82, 2.24) is 4.90 Å². The molecule has 1 fully saturated rings. The lowest BCUT2D eigenvalue weighted by Gasteiger charge is -2.39. The van der Waals surface area contributed by atoms with Crippen LogP contribution in [0, 0.1) is 5.92 Å². The topological polar surface area (TPSA) is 99.6 Å². The number of hydrogen-bond acceptors (Lipinski definition) is 6. The van der Waals surface area contributed by atoms with Gasteiger partial charge in [0, 0.05) is 35.1 Å². The van der Waals surface area contributed by atoms with Crippen LogP contribution in [0.3, 0.4) is 0 Å². The normalized spacial score (nSPS) is 22.8. The van der Waals surface area contributed by atoms with Gasteiger partial charge in [0.25, 0.3) is 5.91 Å². The van der Waals surface area contributed by atoms with Gasteiger partial charge >= 0.3 is 0 Å². The number of benzene rings is 5. The molecule has 0 aliphatic carbocycles. The number of ether oxygens (including phenoxy) is 2. The number of hydrogen-bond donors (Lipinski definition) is 1. The molecule has 3 aliphatic rings. The van der Waals surface area contributed by atoms with E-state index in [9.17, 15) is 14.7 Å². The summed E-state index contributed by atoms with van der Waals surface area (Å²) in [5, 5.41) is 11.7. The molecule has 0 saturated carbocycles. The van der Waals surface area contributed by atoms with Crippen LogP contribution in [0.5, 0.6) is 5.75 Å². The fraction of sp³-hybridized carbons (Fsp3) is 0.283. The van der Waals surface area contributed by atoms with E-state index in [0.29, 0.717) is 41.3 Å². The molecule has 286 valence electrons. The summed E-state index contributed by atoms with van der Waals surface area (Å²) in [7, 11) is -0.939. The van der Waals surface area contributed by atoms with Gasteiger partial charge in [-0.05, 0) is 77.7 Å². The Morgan fingerprint density at radius 3 is 2.23 bits per heavy atom. The number of rotatable bonds is 10. The summed E-state index contributed by atoms with van der Waals surface area (Å²) in [6.45, 7) is 6.92. The number of aliphatic hydroxyl groups is 1. The van der Waals surface area contributed by atoms with Crippen LogP contribution in [0.15, 0.2) is 127 Å². The SMILES string of the molecule is COc1ccc([Si](C)(C)[C@H]2[C@H](CC(=O)N3Cc4ccccc4C[C@H]3CO)O[C@@]3(C(=O)N(c4ccccc4)c4ccc(N(C=O)c5ccccc5)cc43)[C@@H]2C)cc1. The van der Waals surface area contributed by atoms with Crippen molar-refractivity contribution in [3.8, 4) is 5.75 Å². The highest BCUT2D eigenvalue weighted by Crippen LogP contribution is 2.61. The summed E-state index contributed by atoms with van der Waals surface area (Å²) in [5.41, 5.74) is 3.88. The van der Waals surface area contributed by atoms with Gasteiger partial charge in [-0.3, -0.25) is 24.2 Å². The van der Waals surface area contributed by atoms with Gasteiger partial charge in [0.2, 0.25) is 12.3 Å². The molecule has 5 atom stereocenters. The van der Waals surface area contributed by atoms with E-state index in [1.807, 2.05) is 109 Å². The van der Waals surface area contributed by atoms with Crippen molar-refractivity contribution >= 4 is 54.2 Å². The van der Waals surface area contributed by atoms with Crippen molar-refractivity contribution in [1.29, 1.82) is 0 Å². The van der Waals surface area contributed by atoms with Gasteiger partial charge in [0.1, 0.15) is 5.75 Å². The van der Waals surface area contributed by atoms with Crippen LogP contribution < -0.4 is 19.7 Å². The summed E-state index contributed by atoms with van der Waals surface area (Å²) < 4.78 is 12.9. The molecule has 1 saturated heterocycles. The lowest BCUT2D eigenvalue weighted by Crippen LogP contribution is -2.52. The van der Waals surface area contributed by atoms with E-state index in [0.717, 1.165) is 28.5 Å². The van der Waals surface area contributed by atoms with E-state index < -0.39 is 19.8 Å². The number of fused-ring (bicyclic) bond motifs is 3. The van der Waals surface area contributed by atoms with Crippen molar-refractivity contribution in [2.45, 2.75) is 62.7 Å². The maximum Gasteiger partial charge on any atom is 0.268 e. The smallest absolute Gasteiger partial charge is 0.268 e. The number of carbonyl (C=O) groups is 3. The van der Waals surface area contributed by atoms with Crippen LogP contribution in [0.1, 0.15) is 30.0 Å². The van der Waals surface area contributed by atoms with Crippen LogP contribution in [0.25, 0.3) is 0 Å². The molecule has 56 heavy (non-hydrogen) atoms. The average Bonchev–Trinajstić information content (AvgIpc) is 3.67. The van der Waals surface area contributed by atoms with Gasteiger partial charge in [0.15, 0.2) is 5.60 Å². The molecule has 1 spiro atoms. The highest BCUT2D eigenvalue weighted by molar-refractivity contribution is 6.91. The van der Waals surface area contributed by atoms with E-state index in [1.54, 1.807) is 21.8 Å². The van der Waals surface area contributed by atoms with Gasteiger partial charge in [-0.15, -0.1) is 0 Å². The number of methoxy groups -OCH3 is 1. The fourth-order valence-corrected chi connectivity index (χ4v) is 13.6. The predicted molar refractivity (Wildman–Crippen MR) is 220 cm³/mol. The van der Waals surface area contributed by atoms with Crippen molar-refractivity contribution < 1.29 is 29.0 Å². The van der Waals surface area contributed by atoms with Crippen LogP contribution in [0.2, 0.25) is 18.6 Å². The first kappa shape index (κ1) is 37.4. The van der Waals surface area contributed by atoms with Crippen LogP contribution >= 0.6 is 0 Å². The highest BCUT2D eigenvalue weighted by Gasteiger charge is 2.67. The molecule has 3 aliphatic heterocycles. The Morgan fingerprint density at radius 2 is 1.57 bits per heavy atom. The minimum Gasteiger partial charge on any atom is -0.497 e. The van der Waals surface area contributed by atoms with Gasteiger partial charge in [-0.1, -0.05) is 98.0 Å². The van der Waals surface area contributed by atoms with E-state index in [2.05, 4.69) is 38.2 Å². The zero-order valence-electron chi connectivity index (χ0n) is 32.2. The molecule has 1 N–H and O–H groups in total. The molecule has 3 amide bonds. The maximum atomic E-state index is 15.5. The quantitative estimate of drug-likeness (QED) is 0.119. The molecule has 5 aromatic carbocycles. The van der Waals surface area contributed by atoms with Crippen molar-refractivity contribution in [3.05, 3.63) is 144 Å². The first-order valence-electron chi connectivity index (χ1n) is 19.3. The van der Waals surface area contributed by atoms with Gasteiger partial charge < -0.3 is 19.5 Å². The summed E-state index contributed by atoms with van der Waals surface area (Å²) in [6.07, 6.45) is 0.757. The Hall–Kier alpha value is -5.55. The van der Waals surface area contributed by atoms with Gasteiger partial charge in [-0.2, -0.15) is 0 Å². The second-order valence-electron chi connectivity index (χ2n) is 15.7. The lowest BCUT2D eigenvalue weighted by atomic mass is 9.82. The molecule has 5 aromatic rings. The summed E-state index contributed by atoms with van der Waals surface area (Å²) in [6, 6.07) is 40.5. The van der Waals surface area contributed by atoms with Crippen molar-refractivity contribution in [2.75, 3.05) is 23.5 Å². The number of nitrogens with zero attached hydrogens (tertiary/aromatic N) is 3. The Kier molecular flexibility index (Phi) is 9.90. The Morgan fingerprint density at radius 1 is 0.911 bits per heavy atom. The predicted octanol–water partition coefficient (Wildman–Crippen LogP) is 7.22. The van der Waals surface area contributed by atoms with Gasteiger partial charge in [-0.25, -0.2) is 0 Å². The van der Waals surface area contributed by atoms with Gasteiger partial charge in [0.05, 0.1) is 46.0 Å². The molecule has 3 heterocycles. The Labute approximate surface area is 329 Å². The summed E-state index contributed by atoms with van der Waals surface area (Å²) in [5.74, 6) is 0.0339. The maximum absolute atomic E-state index is 15.5. The largest absolute Gasteiger partial charge is 0.497 e. The molecular weight excluding hydrogens is 719 g/mol. The third-order valence-electron chi connectivity index (χ3n) is 12.4. The zero-order valence-corrected chi connectivity index (χ0v) is 33.2. The lowest BCUT2D eigenvalue weighted by molar-refractivity contribution is -0.150. The molecule has 9 nitrogen and oxygen atoms in total. The number of amides is 3. The standard InChI is InChI=1S/C46H47N3O6Si/c1-31-44(56(3,4)39-22-20-38(54-2)21-23-39)42(27-43(52)47-28-33-14-12-11-13-32(33)25-37(47)29-50)55-46(31)40-26-36(48(30-51)34-15-7-5-8-16-34)19-24-41(40)49(45(46)53)35-17-9-6-10-18-35/h5-24,26,30-31,37,42,44,50H,25,27-29H2,1-4H3/t31-,37+,42+,44-,46+/m1/s1. The van der Waals surface area contributed by atoms with Crippen LogP contribution in [0.4, 0.5) is 22.7 Å². The molecule has 0 aromatic heterocycles. The first-order valence-corrected chi connectivity index (χ1v) is 22.3. The monoisotopic (exact) mass is 765 g/mol. The second kappa shape index (κ2) is 14.8. The first-order chi connectivity index (χ1) is 27.1. The van der Waals surface area contributed by atoms with E-state index >= 15 is 4.79 Å². The molecule has 8 rings (SSSR count). The minimum absolute atomic E-state index is 0.0418. The minimum atomic E-state index is -2.59. The second-order valence-corrected chi connectivity index (χ2v) is 20.4. The number of anilines is 4. The number of carbonyl (C=O) groups excluding carboxylic acids is 3. The Balaban J connectivity index is 1.27. The molecule has 0 bridgehead atoms. The van der Waals surface area contributed by atoms with Crippen molar-refractivity contribution in [2.24, 2.45) is 5.92 Å². The average molecular weight is 766 g/mol. The molecule has 0 radical (unpaired) electrons. The molecule has 0 unspecified atom stereocenters. The molecular formula is C46H47N3O6Si.